The summed E-state index contributed by atoms with van der Waals surface area (Å²) in [7, 11) is 16.7. The highest BCUT2D eigenvalue weighted by Crippen LogP contribution is 2.34. The SMILES string of the molecule is [B]C([B])([B])O[C@H]1CN(c2ccc3c(c2)OC[C@H](NC(=O)c2sc4nc(C)ccc4c2N)C3)C[C@@H]1N. The zero-order valence-electron chi connectivity index (χ0n) is 19.4. The number of anilines is 2. The van der Waals surface area contributed by atoms with Gasteiger partial charge in [-0.05, 0) is 42.4 Å². The summed E-state index contributed by atoms with van der Waals surface area (Å²) in [6.07, 6.45) is 0.261. The van der Waals surface area contributed by atoms with E-state index in [0.717, 1.165) is 32.9 Å². The summed E-state index contributed by atoms with van der Waals surface area (Å²) in [5.41, 5.74) is 15.7. The predicted octanol–water partition coefficient (Wildman–Crippen LogP) is 0.570. The third-order valence-corrected chi connectivity index (χ3v) is 7.38. The molecule has 1 fully saturated rings. The van der Waals surface area contributed by atoms with Crippen LogP contribution in [0, 0.1) is 6.92 Å². The first-order valence-electron chi connectivity index (χ1n) is 11.3. The number of amides is 1. The van der Waals surface area contributed by atoms with Crippen molar-refractivity contribution < 1.29 is 14.3 Å². The fourth-order valence-corrected chi connectivity index (χ4v) is 5.60. The minimum absolute atomic E-state index is 0.176. The molecule has 2 aliphatic rings. The van der Waals surface area contributed by atoms with Gasteiger partial charge in [0.1, 0.15) is 22.1 Å². The van der Waals surface area contributed by atoms with Gasteiger partial charge in [-0.3, -0.25) is 4.79 Å². The van der Waals surface area contributed by atoms with E-state index < -0.39 is 5.30 Å². The van der Waals surface area contributed by atoms with Crippen LogP contribution in [-0.4, -0.2) is 77.6 Å². The Morgan fingerprint density at radius 1 is 1.29 bits per heavy atom. The molecule has 3 atom stereocenters. The largest absolute Gasteiger partial charge is 0.491 e. The summed E-state index contributed by atoms with van der Waals surface area (Å²) < 4.78 is 11.5. The Labute approximate surface area is 212 Å². The Bertz CT molecular complexity index is 1280. The van der Waals surface area contributed by atoms with E-state index in [9.17, 15) is 4.79 Å². The number of nitrogens with zero attached hydrogens (tertiary/aromatic N) is 2. The average Bonchev–Trinajstić information content (AvgIpc) is 3.31. The van der Waals surface area contributed by atoms with Gasteiger partial charge in [0, 0.05) is 35.9 Å². The molecule has 1 saturated heterocycles. The van der Waals surface area contributed by atoms with Crippen LogP contribution in [-0.2, 0) is 11.2 Å². The second-order valence-electron chi connectivity index (χ2n) is 9.21. The van der Waals surface area contributed by atoms with Crippen LogP contribution in [0.1, 0.15) is 20.9 Å². The minimum atomic E-state index is -1.73. The first kappa shape index (κ1) is 24.0. The molecular weight excluding hydrogens is 459 g/mol. The standard InChI is InChI=1S/C23H24B3N5O3S/c1-11-2-5-15-19(28)20(35-22(15)29-11)21(32)30-13-6-12-3-4-14(7-17(12)33-10-13)31-8-16(27)18(9-31)34-23(24,25)26/h2-5,7,13,16,18H,6,8-10,27-28H2,1H3,(H,30,32)/t13-,16+,18+/m1/s1. The molecule has 5 rings (SSSR count). The number of ether oxygens (including phenoxy) is 2. The number of carbonyl (C=O) groups is 1. The van der Waals surface area contributed by atoms with Gasteiger partial charge in [0.25, 0.3) is 5.91 Å². The molecule has 0 spiro atoms. The van der Waals surface area contributed by atoms with Crippen molar-refractivity contribution in [3.8, 4) is 5.75 Å². The van der Waals surface area contributed by atoms with Crippen LogP contribution < -0.4 is 26.4 Å². The second kappa shape index (κ2) is 9.07. The van der Waals surface area contributed by atoms with Crippen LogP contribution in [0.3, 0.4) is 0 Å². The van der Waals surface area contributed by atoms with E-state index in [2.05, 4.69) is 15.2 Å². The zero-order chi connectivity index (χ0) is 24.9. The summed E-state index contributed by atoms with van der Waals surface area (Å²) in [4.78, 5) is 20.8. The number of rotatable bonds is 5. The Morgan fingerprint density at radius 3 is 2.86 bits per heavy atom. The van der Waals surface area contributed by atoms with Crippen LogP contribution in [0.5, 0.6) is 5.75 Å². The van der Waals surface area contributed by atoms with Gasteiger partial charge in [-0.25, -0.2) is 4.98 Å². The molecule has 6 radical (unpaired) electrons. The molecule has 0 aliphatic carbocycles. The molecule has 0 bridgehead atoms. The second-order valence-corrected chi connectivity index (χ2v) is 10.2. The third-order valence-electron chi connectivity index (χ3n) is 6.26. The summed E-state index contributed by atoms with van der Waals surface area (Å²) in [5, 5.41) is 2.12. The first-order chi connectivity index (χ1) is 16.6. The van der Waals surface area contributed by atoms with Crippen LogP contribution in [0.15, 0.2) is 30.3 Å². The zero-order valence-corrected chi connectivity index (χ0v) is 20.2. The number of carbonyl (C=O) groups excluding carboxylic acids is 1. The lowest BCUT2D eigenvalue weighted by atomic mass is 9.52. The van der Waals surface area contributed by atoms with Crippen LogP contribution >= 0.6 is 11.3 Å². The van der Waals surface area contributed by atoms with Gasteiger partial charge in [0.05, 0.1) is 47.4 Å². The lowest BCUT2D eigenvalue weighted by Crippen LogP contribution is -2.45. The Kier molecular flexibility index (Phi) is 6.23. The normalized spacial score (nSPS) is 22.1. The molecular formula is C23H24B3N5O3S. The van der Waals surface area contributed by atoms with Crippen molar-refractivity contribution in [1.82, 2.24) is 10.3 Å². The number of nitrogen functional groups attached to an aromatic ring is 1. The quantitative estimate of drug-likeness (QED) is 0.455. The van der Waals surface area contributed by atoms with Gasteiger partial charge < -0.3 is 31.2 Å². The number of aromatic nitrogens is 1. The Balaban J connectivity index is 1.25. The van der Waals surface area contributed by atoms with Gasteiger partial charge in [-0.1, -0.05) is 6.07 Å². The number of hydrogen-bond donors (Lipinski definition) is 3. The van der Waals surface area contributed by atoms with E-state index in [0.29, 0.717) is 36.7 Å². The lowest BCUT2D eigenvalue weighted by molar-refractivity contribution is 0.0517. The molecule has 4 heterocycles. The molecule has 2 aliphatic heterocycles. The van der Waals surface area contributed by atoms with E-state index in [1.54, 1.807) is 0 Å². The number of benzene rings is 1. The van der Waals surface area contributed by atoms with Gasteiger partial charge in [0.2, 0.25) is 0 Å². The smallest absolute Gasteiger partial charge is 0.263 e. The highest BCUT2D eigenvalue weighted by atomic mass is 32.1. The third kappa shape index (κ3) is 5.01. The van der Waals surface area contributed by atoms with Crippen molar-refractivity contribution in [3.05, 3.63) is 46.5 Å². The van der Waals surface area contributed by atoms with E-state index in [-0.39, 0.29) is 24.1 Å². The van der Waals surface area contributed by atoms with Gasteiger partial charge >= 0.3 is 0 Å². The molecule has 1 amide bonds. The van der Waals surface area contributed by atoms with Gasteiger partial charge in [-0.15, -0.1) is 11.3 Å². The van der Waals surface area contributed by atoms with Crippen molar-refractivity contribution in [2.75, 3.05) is 30.3 Å². The average molecular weight is 483 g/mol. The molecule has 5 N–H and O–H groups in total. The van der Waals surface area contributed by atoms with Crippen LogP contribution in [0.25, 0.3) is 10.2 Å². The summed E-state index contributed by atoms with van der Waals surface area (Å²) in [6, 6.07) is 9.31. The molecule has 174 valence electrons. The van der Waals surface area contributed by atoms with Crippen molar-refractivity contribution >= 4 is 62.4 Å². The van der Waals surface area contributed by atoms with Crippen LogP contribution in [0.2, 0.25) is 0 Å². The van der Waals surface area contributed by atoms with E-state index in [1.807, 2.05) is 37.3 Å². The van der Waals surface area contributed by atoms with Crippen LogP contribution in [0.4, 0.5) is 11.4 Å². The van der Waals surface area contributed by atoms with E-state index in [1.165, 1.54) is 11.3 Å². The Hall–Kier alpha value is -2.69. The summed E-state index contributed by atoms with van der Waals surface area (Å²) in [5.74, 6) is 0.558. The van der Waals surface area contributed by atoms with Gasteiger partial charge in [-0.2, -0.15) is 0 Å². The van der Waals surface area contributed by atoms with Gasteiger partial charge in [0.15, 0.2) is 0 Å². The number of aryl methyl sites for hydroxylation is 1. The lowest BCUT2D eigenvalue weighted by Gasteiger charge is -2.29. The van der Waals surface area contributed by atoms with Crippen molar-refractivity contribution in [3.63, 3.8) is 0 Å². The summed E-state index contributed by atoms with van der Waals surface area (Å²) in [6.45, 7) is 3.35. The minimum Gasteiger partial charge on any atom is -0.491 e. The molecule has 0 unspecified atom stereocenters. The molecule has 0 saturated carbocycles. The van der Waals surface area contributed by atoms with E-state index in [4.69, 9.17) is 44.5 Å². The monoisotopic (exact) mass is 483 g/mol. The maximum atomic E-state index is 13.0. The maximum Gasteiger partial charge on any atom is 0.263 e. The number of thiophene rings is 1. The topological polar surface area (TPSA) is 116 Å². The number of hydrogen-bond acceptors (Lipinski definition) is 8. The highest BCUT2D eigenvalue weighted by molar-refractivity contribution is 7.21. The van der Waals surface area contributed by atoms with Crippen molar-refractivity contribution in [2.45, 2.75) is 36.8 Å². The molecule has 3 aromatic rings. The molecule has 1 aromatic carbocycles. The summed E-state index contributed by atoms with van der Waals surface area (Å²) >= 11 is 1.30. The molecule has 8 nitrogen and oxygen atoms in total. The Morgan fingerprint density at radius 2 is 2.09 bits per heavy atom. The highest BCUT2D eigenvalue weighted by Gasteiger charge is 2.34. The van der Waals surface area contributed by atoms with Crippen molar-refractivity contribution in [2.24, 2.45) is 5.73 Å². The predicted molar refractivity (Wildman–Crippen MR) is 141 cm³/mol. The maximum absolute atomic E-state index is 13.0. The first-order valence-corrected chi connectivity index (χ1v) is 12.2. The fourth-order valence-electron chi connectivity index (χ4n) is 4.56. The number of nitrogens with one attached hydrogen (secondary N) is 1. The number of fused-ring (bicyclic) bond motifs is 2. The number of pyridine rings is 1. The fraction of sp³-hybridized carbons (Fsp3) is 0.391. The molecule has 35 heavy (non-hydrogen) atoms. The molecule has 12 heteroatoms. The van der Waals surface area contributed by atoms with E-state index >= 15 is 0 Å². The number of nitrogens with two attached hydrogens (primary N) is 2. The van der Waals surface area contributed by atoms with Crippen molar-refractivity contribution in [1.29, 1.82) is 0 Å². The molecule has 2 aromatic heterocycles.